The summed E-state index contributed by atoms with van der Waals surface area (Å²) in [7, 11) is 0. The van der Waals surface area contributed by atoms with Crippen molar-refractivity contribution in [2.45, 2.75) is 52.7 Å². The highest BCUT2D eigenvalue weighted by Crippen LogP contribution is 2.31. The molecule has 2 rings (SSSR count). The summed E-state index contributed by atoms with van der Waals surface area (Å²) in [6.07, 6.45) is 3.86. The van der Waals surface area contributed by atoms with Gasteiger partial charge < -0.3 is 15.2 Å². The van der Waals surface area contributed by atoms with Crippen LogP contribution in [0.4, 0.5) is 5.69 Å². The summed E-state index contributed by atoms with van der Waals surface area (Å²) >= 11 is 0. The lowest BCUT2D eigenvalue weighted by molar-refractivity contribution is 0.266. The molecule has 112 valence electrons. The molecule has 0 saturated heterocycles. The van der Waals surface area contributed by atoms with Gasteiger partial charge in [-0.3, -0.25) is 0 Å². The Morgan fingerprint density at radius 2 is 2.10 bits per heavy atom. The highest BCUT2D eigenvalue weighted by Gasteiger charge is 2.25. The smallest absolute Gasteiger partial charge is 0.124 e. The number of aliphatic hydroxyl groups excluding tert-OH is 1. The van der Waals surface area contributed by atoms with E-state index in [-0.39, 0.29) is 6.61 Å². The first-order valence-electron chi connectivity index (χ1n) is 7.77. The summed E-state index contributed by atoms with van der Waals surface area (Å²) in [5.41, 5.74) is 1.94. The van der Waals surface area contributed by atoms with Crippen molar-refractivity contribution in [3.05, 3.63) is 23.8 Å². The molecular weight excluding hydrogens is 250 g/mol. The van der Waals surface area contributed by atoms with Crippen LogP contribution < -0.4 is 10.1 Å². The fourth-order valence-corrected chi connectivity index (χ4v) is 3.04. The van der Waals surface area contributed by atoms with Gasteiger partial charge in [0.15, 0.2) is 0 Å². The van der Waals surface area contributed by atoms with Crippen LogP contribution in [0.1, 0.15) is 45.6 Å². The second-order valence-electron chi connectivity index (χ2n) is 6.06. The number of aliphatic hydroxyl groups is 1. The van der Waals surface area contributed by atoms with E-state index in [0.717, 1.165) is 22.9 Å². The molecule has 1 aromatic carbocycles. The van der Waals surface area contributed by atoms with E-state index in [1.165, 1.54) is 19.3 Å². The first-order chi connectivity index (χ1) is 9.63. The highest BCUT2D eigenvalue weighted by molar-refractivity contribution is 5.51. The summed E-state index contributed by atoms with van der Waals surface area (Å²) in [5, 5.41) is 13.1. The molecule has 1 saturated carbocycles. The molecule has 2 N–H and O–H groups in total. The van der Waals surface area contributed by atoms with Gasteiger partial charge in [-0.25, -0.2) is 0 Å². The van der Waals surface area contributed by atoms with Gasteiger partial charge in [0, 0.05) is 17.3 Å². The van der Waals surface area contributed by atoms with Crippen LogP contribution in [0, 0.1) is 11.8 Å². The molecule has 0 aliphatic heterocycles. The molecule has 0 amide bonds. The van der Waals surface area contributed by atoms with Crippen LogP contribution in [0.2, 0.25) is 0 Å². The Kier molecular flexibility index (Phi) is 5.30. The number of anilines is 1. The molecular formula is C17H27NO2. The van der Waals surface area contributed by atoms with Gasteiger partial charge in [-0.05, 0) is 49.8 Å². The van der Waals surface area contributed by atoms with Crippen molar-refractivity contribution in [2.75, 3.05) is 11.9 Å². The quantitative estimate of drug-likeness (QED) is 0.860. The topological polar surface area (TPSA) is 41.5 Å². The second-order valence-corrected chi connectivity index (χ2v) is 6.06. The average Bonchev–Trinajstić information content (AvgIpc) is 2.44. The Bertz CT molecular complexity index is 433. The fourth-order valence-electron chi connectivity index (χ4n) is 3.04. The Hall–Kier alpha value is -1.22. The van der Waals surface area contributed by atoms with Gasteiger partial charge in [0.05, 0.1) is 13.2 Å². The third-order valence-electron chi connectivity index (χ3n) is 4.34. The van der Waals surface area contributed by atoms with Gasteiger partial charge in [-0.15, -0.1) is 0 Å². The molecule has 0 heterocycles. The van der Waals surface area contributed by atoms with Crippen molar-refractivity contribution in [1.82, 2.24) is 0 Å². The monoisotopic (exact) mass is 277 g/mol. The minimum atomic E-state index is 0.0154. The lowest BCUT2D eigenvalue weighted by Gasteiger charge is -2.34. The van der Waals surface area contributed by atoms with Crippen LogP contribution in [0.15, 0.2) is 18.2 Å². The van der Waals surface area contributed by atoms with E-state index in [4.69, 9.17) is 4.74 Å². The number of hydrogen-bond acceptors (Lipinski definition) is 3. The van der Waals surface area contributed by atoms with Gasteiger partial charge >= 0.3 is 0 Å². The predicted octanol–water partition coefficient (Wildman–Crippen LogP) is 3.81. The number of benzene rings is 1. The van der Waals surface area contributed by atoms with Crippen molar-refractivity contribution in [3.63, 3.8) is 0 Å². The molecule has 3 atom stereocenters. The van der Waals surface area contributed by atoms with E-state index < -0.39 is 0 Å². The zero-order valence-electron chi connectivity index (χ0n) is 12.9. The van der Waals surface area contributed by atoms with Crippen LogP contribution in [0.25, 0.3) is 0 Å². The Balaban J connectivity index is 2.08. The van der Waals surface area contributed by atoms with Crippen molar-refractivity contribution in [1.29, 1.82) is 0 Å². The number of rotatable bonds is 5. The van der Waals surface area contributed by atoms with E-state index in [1.807, 2.05) is 19.1 Å². The van der Waals surface area contributed by atoms with Gasteiger partial charge in [0.1, 0.15) is 5.75 Å². The summed E-state index contributed by atoms with van der Waals surface area (Å²) in [6.45, 7) is 7.25. The third-order valence-corrected chi connectivity index (χ3v) is 4.34. The predicted molar refractivity (Wildman–Crippen MR) is 83.1 cm³/mol. The summed E-state index contributed by atoms with van der Waals surface area (Å²) in [5.74, 6) is 2.28. The molecule has 1 aromatic rings. The third kappa shape index (κ3) is 3.66. The van der Waals surface area contributed by atoms with Gasteiger partial charge in [-0.1, -0.05) is 20.3 Å². The lowest BCUT2D eigenvalue weighted by atomic mass is 9.80. The Morgan fingerprint density at radius 1 is 1.30 bits per heavy atom. The zero-order valence-corrected chi connectivity index (χ0v) is 12.9. The van der Waals surface area contributed by atoms with Crippen molar-refractivity contribution < 1.29 is 9.84 Å². The minimum absolute atomic E-state index is 0.0154. The van der Waals surface area contributed by atoms with Crippen molar-refractivity contribution >= 4 is 5.69 Å². The summed E-state index contributed by atoms with van der Waals surface area (Å²) in [6, 6.07) is 6.55. The normalized spacial score (nSPS) is 26.3. The first kappa shape index (κ1) is 15.2. The van der Waals surface area contributed by atoms with E-state index in [9.17, 15) is 5.11 Å². The second kappa shape index (κ2) is 6.98. The lowest BCUT2D eigenvalue weighted by Crippen LogP contribution is -2.33. The maximum atomic E-state index is 9.46. The molecule has 0 aromatic heterocycles. The van der Waals surface area contributed by atoms with Crippen LogP contribution in [-0.2, 0) is 6.61 Å². The van der Waals surface area contributed by atoms with Crippen LogP contribution in [-0.4, -0.2) is 17.8 Å². The molecule has 20 heavy (non-hydrogen) atoms. The summed E-state index contributed by atoms with van der Waals surface area (Å²) in [4.78, 5) is 0. The van der Waals surface area contributed by atoms with Gasteiger partial charge in [0.2, 0.25) is 0 Å². The maximum Gasteiger partial charge on any atom is 0.124 e. The molecule has 1 fully saturated rings. The zero-order chi connectivity index (χ0) is 14.5. The molecule has 1 aliphatic carbocycles. The number of hydrogen-bond donors (Lipinski definition) is 2. The van der Waals surface area contributed by atoms with Crippen molar-refractivity contribution in [2.24, 2.45) is 11.8 Å². The molecule has 3 heteroatoms. The molecule has 0 bridgehead atoms. The Morgan fingerprint density at radius 3 is 2.80 bits per heavy atom. The standard InChI is InChI=1S/C17H27NO2/c1-4-20-17-8-7-15(10-14(17)11-19)18-16-9-12(2)5-6-13(16)3/h7-8,10,12-13,16,18-19H,4-6,9,11H2,1-3H3. The van der Waals surface area contributed by atoms with Crippen molar-refractivity contribution in [3.8, 4) is 5.75 Å². The SMILES string of the molecule is CCOc1ccc(NC2CC(C)CCC2C)cc1CO. The van der Waals surface area contributed by atoms with Gasteiger partial charge in [0.25, 0.3) is 0 Å². The highest BCUT2D eigenvalue weighted by atomic mass is 16.5. The molecule has 0 radical (unpaired) electrons. The number of ether oxygens (including phenoxy) is 1. The molecule has 3 unspecified atom stereocenters. The molecule has 3 nitrogen and oxygen atoms in total. The van der Waals surface area contributed by atoms with E-state index >= 15 is 0 Å². The Labute approximate surface area is 122 Å². The number of nitrogens with one attached hydrogen (secondary N) is 1. The van der Waals surface area contributed by atoms with Crippen LogP contribution in [0.5, 0.6) is 5.75 Å². The molecule has 0 spiro atoms. The largest absolute Gasteiger partial charge is 0.494 e. The van der Waals surface area contributed by atoms with Crippen LogP contribution in [0.3, 0.4) is 0 Å². The first-order valence-corrected chi connectivity index (χ1v) is 7.77. The van der Waals surface area contributed by atoms with Gasteiger partial charge in [-0.2, -0.15) is 0 Å². The van der Waals surface area contributed by atoms with E-state index in [0.29, 0.717) is 18.6 Å². The average molecular weight is 277 g/mol. The molecule has 1 aliphatic rings. The van der Waals surface area contributed by atoms with E-state index in [2.05, 4.69) is 25.2 Å². The van der Waals surface area contributed by atoms with E-state index in [1.54, 1.807) is 0 Å². The minimum Gasteiger partial charge on any atom is -0.494 e. The fraction of sp³-hybridized carbons (Fsp3) is 0.647. The maximum absolute atomic E-state index is 9.46. The van der Waals surface area contributed by atoms with Crippen LogP contribution >= 0.6 is 0 Å². The summed E-state index contributed by atoms with van der Waals surface area (Å²) < 4.78 is 5.52.